The molecule has 2 rings (SSSR count). The fourth-order valence-electron chi connectivity index (χ4n) is 2.82. The highest BCUT2D eigenvalue weighted by molar-refractivity contribution is 7.89. The standard InChI is InChI=1S/C15H25N3O2S/c1-11-4-5-12(8-11)10-17-15-9-13(6-7-14(15)16)21(19,20)18(2)3/h6-7,9,11-12,17H,4-5,8,10,16H2,1-3H3. The molecule has 0 aliphatic heterocycles. The molecule has 6 heteroatoms. The molecule has 0 radical (unpaired) electrons. The Kier molecular flexibility index (Phi) is 4.78. The minimum absolute atomic E-state index is 0.268. The zero-order valence-electron chi connectivity index (χ0n) is 13.0. The molecule has 0 bridgehead atoms. The van der Waals surface area contributed by atoms with E-state index in [1.807, 2.05) is 0 Å². The number of sulfonamides is 1. The van der Waals surface area contributed by atoms with Crippen molar-refractivity contribution in [2.75, 3.05) is 31.7 Å². The number of nitrogens with two attached hydrogens (primary N) is 1. The van der Waals surface area contributed by atoms with Crippen LogP contribution in [0.5, 0.6) is 0 Å². The maximum absolute atomic E-state index is 12.2. The van der Waals surface area contributed by atoms with Gasteiger partial charge in [-0.25, -0.2) is 12.7 Å². The van der Waals surface area contributed by atoms with Crippen molar-refractivity contribution in [3.05, 3.63) is 18.2 Å². The van der Waals surface area contributed by atoms with Gasteiger partial charge in [-0.05, 0) is 42.9 Å². The van der Waals surface area contributed by atoms with Crippen molar-refractivity contribution >= 4 is 21.4 Å². The summed E-state index contributed by atoms with van der Waals surface area (Å²) in [6.45, 7) is 3.12. The van der Waals surface area contributed by atoms with Crippen LogP contribution in [0.2, 0.25) is 0 Å². The van der Waals surface area contributed by atoms with E-state index in [4.69, 9.17) is 5.73 Å². The zero-order chi connectivity index (χ0) is 15.6. The summed E-state index contributed by atoms with van der Waals surface area (Å²) in [5.41, 5.74) is 7.24. The summed E-state index contributed by atoms with van der Waals surface area (Å²) < 4.78 is 25.5. The molecule has 0 aromatic heterocycles. The predicted molar refractivity (Wildman–Crippen MR) is 86.7 cm³/mol. The zero-order valence-corrected chi connectivity index (χ0v) is 13.8. The lowest BCUT2D eigenvalue weighted by Crippen LogP contribution is -2.22. The van der Waals surface area contributed by atoms with E-state index in [-0.39, 0.29) is 4.90 Å². The van der Waals surface area contributed by atoms with Crippen molar-refractivity contribution in [2.45, 2.75) is 31.1 Å². The summed E-state index contributed by atoms with van der Waals surface area (Å²) in [5.74, 6) is 1.43. The topological polar surface area (TPSA) is 75.4 Å². The molecule has 21 heavy (non-hydrogen) atoms. The molecule has 5 nitrogen and oxygen atoms in total. The van der Waals surface area contributed by atoms with Gasteiger partial charge in [0, 0.05) is 20.6 Å². The van der Waals surface area contributed by atoms with Gasteiger partial charge in [-0.15, -0.1) is 0 Å². The predicted octanol–water partition coefficient (Wildman–Crippen LogP) is 2.37. The lowest BCUT2D eigenvalue weighted by atomic mass is 10.1. The Morgan fingerprint density at radius 3 is 2.62 bits per heavy atom. The first-order valence-electron chi connectivity index (χ1n) is 7.36. The third-order valence-electron chi connectivity index (χ3n) is 4.19. The highest BCUT2D eigenvalue weighted by Crippen LogP contribution is 2.31. The maximum Gasteiger partial charge on any atom is 0.242 e. The first-order chi connectivity index (χ1) is 9.80. The Hall–Kier alpha value is -1.27. The lowest BCUT2D eigenvalue weighted by Gasteiger charge is -2.16. The van der Waals surface area contributed by atoms with Crippen molar-refractivity contribution in [1.29, 1.82) is 0 Å². The van der Waals surface area contributed by atoms with E-state index in [0.717, 1.165) is 12.5 Å². The molecular weight excluding hydrogens is 286 g/mol. The molecule has 0 spiro atoms. The van der Waals surface area contributed by atoms with Gasteiger partial charge < -0.3 is 11.1 Å². The van der Waals surface area contributed by atoms with E-state index in [0.29, 0.717) is 17.3 Å². The number of hydrogen-bond acceptors (Lipinski definition) is 4. The molecule has 2 atom stereocenters. The Morgan fingerprint density at radius 1 is 1.33 bits per heavy atom. The van der Waals surface area contributed by atoms with Crippen LogP contribution in [-0.2, 0) is 10.0 Å². The smallest absolute Gasteiger partial charge is 0.242 e. The van der Waals surface area contributed by atoms with Crippen LogP contribution in [0.25, 0.3) is 0 Å². The van der Waals surface area contributed by atoms with Crippen LogP contribution in [0.1, 0.15) is 26.2 Å². The van der Waals surface area contributed by atoms with Crippen LogP contribution in [0, 0.1) is 11.8 Å². The van der Waals surface area contributed by atoms with Crippen molar-refractivity contribution in [1.82, 2.24) is 4.31 Å². The van der Waals surface area contributed by atoms with Gasteiger partial charge in [-0.2, -0.15) is 0 Å². The van der Waals surface area contributed by atoms with Crippen LogP contribution in [0.4, 0.5) is 11.4 Å². The number of benzene rings is 1. The summed E-state index contributed by atoms with van der Waals surface area (Å²) >= 11 is 0. The maximum atomic E-state index is 12.2. The number of nitrogen functional groups attached to an aromatic ring is 1. The van der Waals surface area contributed by atoms with E-state index in [1.54, 1.807) is 18.2 Å². The van der Waals surface area contributed by atoms with Gasteiger partial charge in [0.1, 0.15) is 0 Å². The highest BCUT2D eigenvalue weighted by Gasteiger charge is 2.22. The number of nitrogens with zero attached hydrogens (tertiary/aromatic N) is 1. The minimum Gasteiger partial charge on any atom is -0.397 e. The molecule has 1 aromatic rings. The van der Waals surface area contributed by atoms with Crippen LogP contribution in [0.15, 0.2) is 23.1 Å². The molecule has 0 saturated heterocycles. The van der Waals surface area contributed by atoms with Gasteiger partial charge >= 0.3 is 0 Å². The SMILES string of the molecule is CC1CCC(CNc2cc(S(=O)(=O)N(C)C)ccc2N)C1. The van der Waals surface area contributed by atoms with Crippen LogP contribution in [-0.4, -0.2) is 33.4 Å². The van der Waals surface area contributed by atoms with Gasteiger partial charge in [0.25, 0.3) is 0 Å². The second-order valence-corrected chi connectivity index (χ2v) is 8.35. The highest BCUT2D eigenvalue weighted by atomic mass is 32.2. The van der Waals surface area contributed by atoms with Gasteiger partial charge in [0.2, 0.25) is 10.0 Å². The Bertz CT molecular complexity index is 599. The second-order valence-electron chi connectivity index (χ2n) is 6.20. The monoisotopic (exact) mass is 311 g/mol. The van der Waals surface area contributed by atoms with Gasteiger partial charge in [0.15, 0.2) is 0 Å². The fourth-order valence-corrected chi connectivity index (χ4v) is 3.75. The van der Waals surface area contributed by atoms with Crippen molar-refractivity contribution in [3.8, 4) is 0 Å². The van der Waals surface area contributed by atoms with E-state index in [2.05, 4.69) is 12.2 Å². The number of rotatable bonds is 5. The van der Waals surface area contributed by atoms with Crippen molar-refractivity contribution < 1.29 is 8.42 Å². The molecule has 3 N–H and O–H groups in total. The van der Waals surface area contributed by atoms with E-state index < -0.39 is 10.0 Å². The summed E-state index contributed by atoms with van der Waals surface area (Å²) in [5, 5.41) is 3.32. The first kappa shape index (κ1) is 16.1. The van der Waals surface area contributed by atoms with E-state index in [1.165, 1.54) is 37.7 Å². The molecule has 0 heterocycles. The molecule has 0 amide bonds. The van der Waals surface area contributed by atoms with Crippen LogP contribution in [0.3, 0.4) is 0 Å². The minimum atomic E-state index is -3.42. The fraction of sp³-hybridized carbons (Fsp3) is 0.600. The lowest BCUT2D eigenvalue weighted by molar-refractivity contribution is 0.520. The van der Waals surface area contributed by atoms with Crippen LogP contribution >= 0.6 is 0 Å². The molecule has 1 aliphatic rings. The van der Waals surface area contributed by atoms with Crippen molar-refractivity contribution in [2.24, 2.45) is 11.8 Å². The quantitative estimate of drug-likeness (QED) is 0.819. The molecular formula is C15H25N3O2S. The van der Waals surface area contributed by atoms with Gasteiger partial charge in [-0.1, -0.05) is 13.3 Å². The first-order valence-corrected chi connectivity index (χ1v) is 8.80. The normalized spacial score (nSPS) is 22.7. The van der Waals surface area contributed by atoms with Crippen LogP contribution < -0.4 is 11.1 Å². The average molecular weight is 311 g/mol. The largest absolute Gasteiger partial charge is 0.397 e. The summed E-state index contributed by atoms with van der Waals surface area (Å²) in [6.07, 6.45) is 3.73. The third kappa shape index (κ3) is 3.68. The van der Waals surface area contributed by atoms with Gasteiger partial charge in [-0.3, -0.25) is 0 Å². The molecule has 1 aliphatic carbocycles. The molecule has 1 aromatic carbocycles. The molecule has 2 unspecified atom stereocenters. The molecule has 118 valence electrons. The second kappa shape index (κ2) is 6.23. The Morgan fingerprint density at radius 2 is 2.05 bits per heavy atom. The summed E-state index contributed by atoms with van der Waals surface area (Å²) in [4.78, 5) is 0.268. The number of nitrogens with one attached hydrogen (secondary N) is 1. The Balaban J connectivity index is 2.13. The summed E-state index contributed by atoms with van der Waals surface area (Å²) in [7, 11) is -0.372. The third-order valence-corrected chi connectivity index (χ3v) is 6.00. The number of hydrogen-bond donors (Lipinski definition) is 2. The van der Waals surface area contributed by atoms with E-state index >= 15 is 0 Å². The van der Waals surface area contributed by atoms with Gasteiger partial charge in [0.05, 0.1) is 16.3 Å². The molecule has 1 saturated carbocycles. The van der Waals surface area contributed by atoms with Crippen molar-refractivity contribution in [3.63, 3.8) is 0 Å². The summed E-state index contributed by atoms with van der Waals surface area (Å²) in [6, 6.07) is 4.83. The average Bonchev–Trinajstić information content (AvgIpc) is 2.83. The molecule has 1 fully saturated rings. The Labute approximate surface area is 127 Å². The number of anilines is 2. The van der Waals surface area contributed by atoms with E-state index in [9.17, 15) is 8.42 Å².